The molecular weight excluding hydrogens is 407 g/mol. The summed E-state index contributed by atoms with van der Waals surface area (Å²) < 4.78 is 53.8. The second-order valence-corrected chi connectivity index (χ2v) is 8.28. The number of carbonyl (C=O) groups is 1. The lowest BCUT2D eigenvalue weighted by Gasteiger charge is -2.33. The van der Waals surface area contributed by atoms with Crippen molar-refractivity contribution in [3.63, 3.8) is 0 Å². The van der Waals surface area contributed by atoms with Crippen molar-refractivity contribution in [3.05, 3.63) is 36.7 Å². The summed E-state index contributed by atoms with van der Waals surface area (Å²) >= 11 is 0. The van der Waals surface area contributed by atoms with Crippen molar-refractivity contribution >= 4 is 5.91 Å². The highest BCUT2D eigenvalue weighted by molar-refractivity contribution is 5.86. The lowest BCUT2D eigenvalue weighted by Crippen LogP contribution is -2.37. The molecule has 1 aliphatic rings. The maximum atomic E-state index is 14.6. The first-order chi connectivity index (χ1) is 14.8. The third-order valence-corrected chi connectivity index (χ3v) is 5.93. The summed E-state index contributed by atoms with van der Waals surface area (Å²) in [5.41, 5.74) is 0. The summed E-state index contributed by atoms with van der Waals surface area (Å²) in [5.74, 6) is -1.70. The summed E-state index contributed by atoms with van der Waals surface area (Å²) in [6.07, 6.45) is 4.87. The van der Waals surface area contributed by atoms with Crippen molar-refractivity contribution in [2.75, 3.05) is 20.2 Å². The Kier molecular flexibility index (Phi) is 9.72. The largest absolute Gasteiger partial charge is 0.489 e. The maximum absolute atomic E-state index is 14.6. The molecule has 1 aliphatic carbocycles. The van der Waals surface area contributed by atoms with Crippen LogP contribution in [0, 0.1) is 17.7 Å². The van der Waals surface area contributed by atoms with Crippen LogP contribution in [-0.4, -0.2) is 37.1 Å². The Labute approximate surface area is 183 Å². The van der Waals surface area contributed by atoms with Crippen LogP contribution in [0.5, 0.6) is 11.5 Å². The van der Waals surface area contributed by atoms with E-state index in [1.54, 1.807) is 7.05 Å². The molecule has 2 rings (SSSR count). The van der Waals surface area contributed by atoms with Gasteiger partial charge in [-0.3, -0.25) is 4.79 Å². The predicted molar refractivity (Wildman–Crippen MR) is 115 cm³/mol. The number of halogens is 3. The second-order valence-electron chi connectivity index (χ2n) is 8.28. The highest BCUT2D eigenvalue weighted by atomic mass is 19.3. The molecule has 0 spiro atoms. The minimum Gasteiger partial charge on any atom is -0.489 e. The molecule has 1 saturated carbocycles. The quantitative estimate of drug-likeness (QED) is 0.286. The number of likely N-dealkylation sites (N-methyl/N-ethyl adjacent to an activating group) is 1. The Morgan fingerprint density at radius 1 is 1.26 bits per heavy atom. The molecule has 1 aromatic carbocycles. The number of ether oxygens (including phenoxy) is 2. The standard InChI is InChI=1S/C24H34F3NO3/c1-4-6-7-8-18-9-11-19(12-10-18)24(26,27)31-20-13-14-22(21(25)17-20)30-16-15-28(3)23(29)5-2/h5,13-14,17-19H,2,4,6-12,15-16H2,1,3H3. The first-order valence-corrected chi connectivity index (χ1v) is 11.1. The zero-order chi connectivity index (χ0) is 22.9. The van der Waals surface area contributed by atoms with E-state index in [9.17, 15) is 18.0 Å². The molecule has 0 saturated heterocycles. The fraction of sp³-hybridized carbons (Fsp3) is 0.625. The summed E-state index contributed by atoms with van der Waals surface area (Å²) in [6, 6.07) is 3.46. The van der Waals surface area contributed by atoms with Crippen LogP contribution in [0.2, 0.25) is 0 Å². The molecule has 174 valence electrons. The fourth-order valence-corrected chi connectivity index (χ4v) is 3.93. The monoisotopic (exact) mass is 441 g/mol. The molecule has 0 heterocycles. The van der Waals surface area contributed by atoms with E-state index < -0.39 is 17.8 Å². The van der Waals surface area contributed by atoms with E-state index in [4.69, 9.17) is 9.47 Å². The van der Waals surface area contributed by atoms with Gasteiger partial charge in [-0.2, -0.15) is 8.78 Å². The molecule has 0 unspecified atom stereocenters. The minimum absolute atomic E-state index is 0.0604. The Morgan fingerprint density at radius 2 is 1.97 bits per heavy atom. The van der Waals surface area contributed by atoms with Gasteiger partial charge in [-0.05, 0) is 49.8 Å². The average Bonchev–Trinajstić information content (AvgIpc) is 2.75. The van der Waals surface area contributed by atoms with Gasteiger partial charge >= 0.3 is 6.11 Å². The van der Waals surface area contributed by atoms with Crippen molar-refractivity contribution < 1.29 is 27.4 Å². The fourth-order valence-electron chi connectivity index (χ4n) is 3.93. The van der Waals surface area contributed by atoms with Crippen molar-refractivity contribution in [1.29, 1.82) is 0 Å². The van der Waals surface area contributed by atoms with Crippen molar-refractivity contribution in [3.8, 4) is 11.5 Å². The Bertz CT molecular complexity index is 718. The molecule has 1 amide bonds. The predicted octanol–water partition coefficient (Wildman–Crippen LogP) is 6.21. The summed E-state index contributed by atoms with van der Waals surface area (Å²) in [4.78, 5) is 12.8. The van der Waals surface area contributed by atoms with Gasteiger partial charge in [-0.15, -0.1) is 0 Å². The van der Waals surface area contributed by atoms with Gasteiger partial charge in [0, 0.05) is 13.1 Å². The molecule has 0 aliphatic heterocycles. The Hall–Kier alpha value is -2.18. The van der Waals surface area contributed by atoms with E-state index in [0.29, 0.717) is 18.8 Å². The van der Waals surface area contributed by atoms with Gasteiger partial charge in [0.15, 0.2) is 11.6 Å². The molecule has 0 radical (unpaired) electrons. The van der Waals surface area contributed by atoms with Gasteiger partial charge in [0.25, 0.3) is 0 Å². The van der Waals surface area contributed by atoms with Crippen LogP contribution in [0.4, 0.5) is 13.2 Å². The van der Waals surface area contributed by atoms with Crippen molar-refractivity contribution in [2.45, 2.75) is 64.4 Å². The molecule has 0 N–H and O–H groups in total. The first kappa shape index (κ1) is 25.1. The lowest BCUT2D eigenvalue weighted by molar-refractivity contribution is -0.223. The van der Waals surface area contributed by atoms with Gasteiger partial charge in [0.05, 0.1) is 12.5 Å². The average molecular weight is 442 g/mol. The van der Waals surface area contributed by atoms with Crippen LogP contribution < -0.4 is 9.47 Å². The molecule has 0 aromatic heterocycles. The summed E-state index contributed by atoms with van der Waals surface area (Å²) in [5, 5.41) is 0. The number of nitrogens with zero attached hydrogens (tertiary/aromatic N) is 1. The third-order valence-electron chi connectivity index (χ3n) is 5.93. The number of amides is 1. The second kappa shape index (κ2) is 12.0. The Balaban J connectivity index is 1.84. The van der Waals surface area contributed by atoms with Crippen LogP contribution in [0.25, 0.3) is 0 Å². The molecular formula is C24H34F3NO3. The number of alkyl halides is 2. The molecule has 0 atom stereocenters. The molecule has 7 heteroatoms. The summed E-state index contributed by atoms with van der Waals surface area (Å²) in [6.45, 7) is 5.84. The normalized spacial score (nSPS) is 19.0. The highest BCUT2D eigenvalue weighted by Gasteiger charge is 2.44. The van der Waals surface area contributed by atoms with E-state index >= 15 is 0 Å². The van der Waals surface area contributed by atoms with Gasteiger partial charge in [-0.1, -0.05) is 39.2 Å². The van der Waals surface area contributed by atoms with Gasteiger partial charge < -0.3 is 14.4 Å². The van der Waals surface area contributed by atoms with Crippen LogP contribution in [0.15, 0.2) is 30.9 Å². The Morgan fingerprint density at radius 3 is 2.58 bits per heavy atom. The summed E-state index contributed by atoms with van der Waals surface area (Å²) in [7, 11) is 1.57. The molecule has 0 bridgehead atoms. The van der Waals surface area contributed by atoms with Gasteiger partial charge in [-0.25, -0.2) is 4.39 Å². The third kappa shape index (κ3) is 7.78. The van der Waals surface area contributed by atoms with Crippen molar-refractivity contribution in [1.82, 2.24) is 4.90 Å². The van der Waals surface area contributed by atoms with E-state index in [1.165, 1.54) is 29.5 Å². The number of benzene rings is 1. The van der Waals surface area contributed by atoms with E-state index in [0.717, 1.165) is 38.2 Å². The lowest BCUT2D eigenvalue weighted by atomic mass is 9.79. The molecule has 31 heavy (non-hydrogen) atoms. The van der Waals surface area contributed by atoms with Crippen LogP contribution in [-0.2, 0) is 4.79 Å². The molecule has 1 aromatic rings. The van der Waals surface area contributed by atoms with Crippen LogP contribution in [0.3, 0.4) is 0 Å². The van der Waals surface area contributed by atoms with Crippen LogP contribution in [0.1, 0.15) is 58.3 Å². The van der Waals surface area contributed by atoms with Gasteiger partial charge in [0.2, 0.25) is 5.91 Å². The van der Waals surface area contributed by atoms with E-state index in [2.05, 4.69) is 13.5 Å². The minimum atomic E-state index is -3.34. The topological polar surface area (TPSA) is 38.8 Å². The van der Waals surface area contributed by atoms with Gasteiger partial charge in [0.1, 0.15) is 12.4 Å². The van der Waals surface area contributed by atoms with Crippen molar-refractivity contribution in [2.24, 2.45) is 11.8 Å². The first-order valence-electron chi connectivity index (χ1n) is 11.1. The number of hydrogen-bond donors (Lipinski definition) is 0. The van der Waals surface area contributed by atoms with E-state index in [1.807, 2.05) is 0 Å². The van der Waals surface area contributed by atoms with Crippen LogP contribution >= 0.6 is 0 Å². The zero-order valence-corrected chi connectivity index (χ0v) is 18.5. The number of rotatable bonds is 12. The van der Waals surface area contributed by atoms with E-state index in [-0.39, 0.29) is 30.6 Å². The molecule has 1 fully saturated rings. The zero-order valence-electron chi connectivity index (χ0n) is 18.5. The maximum Gasteiger partial charge on any atom is 0.400 e. The smallest absolute Gasteiger partial charge is 0.400 e. The number of hydrogen-bond acceptors (Lipinski definition) is 3. The molecule has 4 nitrogen and oxygen atoms in total. The SMILES string of the molecule is C=CC(=O)N(C)CCOc1ccc(OC(F)(F)C2CCC(CCCCC)CC2)cc1F. The number of carbonyl (C=O) groups excluding carboxylic acids is 1. The highest BCUT2D eigenvalue weighted by Crippen LogP contribution is 2.41. The number of unbranched alkanes of at least 4 members (excludes halogenated alkanes) is 2.